The first kappa shape index (κ1) is 10.3. The van der Waals surface area contributed by atoms with Gasteiger partial charge in [-0.05, 0) is 11.6 Å². The largest absolute Gasteiger partial charge is 0.441 e. The first-order valence-corrected chi connectivity index (χ1v) is 6.52. The average molecular weight is 244 g/mol. The molecule has 0 radical (unpaired) electrons. The predicted molar refractivity (Wildman–Crippen MR) is 66.5 cm³/mol. The summed E-state index contributed by atoms with van der Waals surface area (Å²) >= 11 is 0. The molecule has 3 nitrogen and oxygen atoms in total. The molecule has 17 heavy (non-hydrogen) atoms. The molecule has 1 aliphatic rings. The average Bonchev–Trinajstić information content (AvgIpc) is 2.38. The molecule has 1 unspecified atom stereocenters. The standard InChI is InChI=1S/C13H9O3P/c14-8-9-4-3-6-11-10-5-1-2-7-12(10)16-17(15)13(9)11/h1-8,17H. The van der Waals surface area contributed by atoms with Crippen LogP contribution in [0.25, 0.3) is 11.1 Å². The van der Waals surface area contributed by atoms with Gasteiger partial charge in [0.15, 0.2) is 6.29 Å². The second kappa shape index (κ2) is 3.86. The van der Waals surface area contributed by atoms with Crippen molar-refractivity contribution in [1.29, 1.82) is 0 Å². The van der Waals surface area contributed by atoms with Crippen LogP contribution < -0.4 is 9.83 Å². The van der Waals surface area contributed by atoms with Crippen LogP contribution in [0.15, 0.2) is 42.5 Å². The van der Waals surface area contributed by atoms with E-state index in [-0.39, 0.29) is 0 Å². The highest BCUT2D eigenvalue weighted by Crippen LogP contribution is 2.42. The van der Waals surface area contributed by atoms with Gasteiger partial charge in [-0.1, -0.05) is 36.4 Å². The zero-order valence-electron chi connectivity index (χ0n) is 8.84. The van der Waals surface area contributed by atoms with E-state index >= 15 is 0 Å². The second-order valence-corrected chi connectivity index (χ2v) is 5.05. The lowest BCUT2D eigenvalue weighted by atomic mass is 10.0. The third-order valence-electron chi connectivity index (χ3n) is 2.81. The summed E-state index contributed by atoms with van der Waals surface area (Å²) in [7, 11) is -2.38. The third kappa shape index (κ3) is 1.51. The zero-order valence-corrected chi connectivity index (χ0v) is 9.84. The molecule has 84 valence electrons. The van der Waals surface area contributed by atoms with Crippen molar-refractivity contribution in [1.82, 2.24) is 0 Å². The van der Waals surface area contributed by atoms with Crippen LogP contribution in [0.2, 0.25) is 0 Å². The summed E-state index contributed by atoms with van der Waals surface area (Å²) in [5.74, 6) is 0.618. The number of rotatable bonds is 1. The van der Waals surface area contributed by atoms with Crippen LogP contribution in [0, 0.1) is 0 Å². The van der Waals surface area contributed by atoms with Gasteiger partial charge in [-0.2, -0.15) is 0 Å². The molecule has 0 saturated carbocycles. The van der Waals surface area contributed by atoms with Gasteiger partial charge in [0.05, 0.1) is 5.30 Å². The molecule has 4 heteroatoms. The van der Waals surface area contributed by atoms with Gasteiger partial charge in [0.25, 0.3) is 8.03 Å². The molecule has 1 atom stereocenters. The molecule has 2 aromatic carbocycles. The van der Waals surface area contributed by atoms with Crippen LogP contribution in [-0.2, 0) is 4.57 Å². The van der Waals surface area contributed by atoms with E-state index in [0.29, 0.717) is 16.6 Å². The van der Waals surface area contributed by atoms with E-state index in [1.165, 1.54) is 0 Å². The van der Waals surface area contributed by atoms with E-state index in [4.69, 9.17) is 4.52 Å². The third-order valence-corrected chi connectivity index (χ3v) is 4.18. The molecule has 0 aliphatic carbocycles. The molecule has 0 spiro atoms. The summed E-state index contributed by atoms with van der Waals surface area (Å²) in [6.07, 6.45) is 0.721. The number of carbonyl (C=O) groups is 1. The number of benzene rings is 2. The van der Waals surface area contributed by atoms with E-state index in [0.717, 1.165) is 17.4 Å². The van der Waals surface area contributed by atoms with Crippen molar-refractivity contribution >= 4 is 19.6 Å². The second-order valence-electron chi connectivity index (χ2n) is 3.77. The summed E-state index contributed by atoms with van der Waals surface area (Å²) in [4.78, 5) is 11.0. The predicted octanol–water partition coefficient (Wildman–Crippen LogP) is 2.66. The highest BCUT2D eigenvalue weighted by atomic mass is 31.1. The summed E-state index contributed by atoms with van der Waals surface area (Å²) in [6.45, 7) is 0. The number of hydrogen-bond donors (Lipinski definition) is 0. The molecule has 3 rings (SSSR count). The molecule has 0 bridgehead atoms. The van der Waals surface area contributed by atoms with Crippen LogP contribution >= 0.6 is 8.03 Å². The molecular weight excluding hydrogens is 235 g/mol. The Morgan fingerprint density at radius 1 is 1.00 bits per heavy atom. The topological polar surface area (TPSA) is 43.4 Å². The molecule has 2 aromatic rings. The molecule has 0 aromatic heterocycles. The Hall–Kier alpha value is -1.86. The van der Waals surface area contributed by atoms with E-state index in [2.05, 4.69) is 0 Å². The van der Waals surface area contributed by atoms with Gasteiger partial charge < -0.3 is 4.52 Å². The lowest BCUT2D eigenvalue weighted by molar-refractivity contribution is 0.112. The highest BCUT2D eigenvalue weighted by molar-refractivity contribution is 7.49. The maximum Gasteiger partial charge on any atom is 0.267 e. The lowest BCUT2D eigenvalue weighted by Crippen LogP contribution is -2.14. The fourth-order valence-electron chi connectivity index (χ4n) is 2.05. The number of aldehydes is 1. The summed E-state index contributed by atoms with van der Waals surface area (Å²) in [5.41, 5.74) is 2.16. The Balaban J connectivity index is 2.37. The van der Waals surface area contributed by atoms with E-state index in [9.17, 15) is 9.36 Å². The maximum absolute atomic E-state index is 12.0. The van der Waals surface area contributed by atoms with Gasteiger partial charge in [0.1, 0.15) is 5.75 Å². The van der Waals surface area contributed by atoms with Crippen LogP contribution in [0.3, 0.4) is 0 Å². The molecule has 0 fully saturated rings. The van der Waals surface area contributed by atoms with Crippen LogP contribution in [0.4, 0.5) is 0 Å². The van der Waals surface area contributed by atoms with E-state index in [1.807, 2.05) is 24.3 Å². The van der Waals surface area contributed by atoms with Crippen molar-refractivity contribution in [3.8, 4) is 16.9 Å². The number of carbonyl (C=O) groups excluding carboxylic acids is 1. The quantitative estimate of drug-likeness (QED) is 0.572. The fourth-order valence-corrected chi connectivity index (χ4v) is 3.35. The van der Waals surface area contributed by atoms with Crippen molar-refractivity contribution < 1.29 is 13.9 Å². The summed E-state index contributed by atoms with van der Waals surface area (Å²) < 4.78 is 17.4. The zero-order chi connectivity index (χ0) is 11.8. The smallest absolute Gasteiger partial charge is 0.267 e. The number of hydrogen-bond acceptors (Lipinski definition) is 3. The minimum absolute atomic E-state index is 0.445. The van der Waals surface area contributed by atoms with Crippen molar-refractivity contribution in [2.45, 2.75) is 0 Å². The van der Waals surface area contributed by atoms with Gasteiger partial charge in [-0.3, -0.25) is 9.36 Å². The Morgan fingerprint density at radius 2 is 1.76 bits per heavy atom. The van der Waals surface area contributed by atoms with Gasteiger partial charge in [-0.25, -0.2) is 0 Å². The Bertz CT molecular complexity index is 634. The van der Waals surface area contributed by atoms with Gasteiger partial charge in [0, 0.05) is 11.1 Å². The first-order chi connectivity index (χ1) is 8.31. The van der Waals surface area contributed by atoms with Crippen molar-refractivity contribution in [3.05, 3.63) is 48.0 Å². The molecule has 0 amide bonds. The minimum Gasteiger partial charge on any atom is -0.441 e. The van der Waals surface area contributed by atoms with Crippen molar-refractivity contribution in [2.24, 2.45) is 0 Å². The molecular formula is C13H9O3P. The van der Waals surface area contributed by atoms with Crippen molar-refractivity contribution in [2.75, 3.05) is 0 Å². The minimum atomic E-state index is -2.38. The maximum atomic E-state index is 12.0. The van der Waals surface area contributed by atoms with Crippen LogP contribution in [-0.4, -0.2) is 6.29 Å². The fraction of sp³-hybridized carbons (Fsp3) is 0. The van der Waals surface area contributed by atoms with E-state index in [1.54, 1.807) is 18.2 Å². The van der Waals surface area contributed by atoms with Gasteiger partial charge in [0.2, 0.25) is 0 Å². The monoisotopic (exact) mass is 244 g/mol. The normalized spacial score (nSPS) is 16.6. The molecule has 0 saturated heterocycles. The highest BCUT2D eigenvalue weighted by Gasteiger charge is 2.24. The molecule has 1 heterocycles. The van der Waals surface area contributed by atoms with Crippen molar-refractivity contribution in [3.63, 3.8) is 0 Å². The van der Waals surface area contributed by atoms with Gasteiger partial charge in [-0.15, -0.1) is 0 Å². The number of fused-ring (bicyclic) bond motifs is 3. The number of para-hydroxylation sites is 1. The lowest BCUT2D eigenvalue weighted by Gasteiger charge is -2.21. The molecule has 1 aliphatic heterocycles. The van der Waals surface area contributed by atoms with E-state index < -0.39 is 8.03 Å². The summed E-state index contributed by atoms with van der Waals surface area (Å²) in [5, 5.41) is 0.534. The Kier molecular flexibility index (Phi) is 2.34. The SMILES string of the molecule is O=Cc1cccc2c1[PH](=O)Oc1ccccc1-2. The van der Waals surface area contributed by atoms with Gasteiger partial charge >= 0.3 is 0 Å². The Labute approximate surface area is 98.9 Å². The molecule has 0 N–H and O–H groups in total. The Morgan fingerprint density at radius 3 is 2.59 bits per heavy atom. The first-order valence-electron chi connectivity index (χ1n) is 5.21. The summed E-state index contributed by atoms with van der Waals surface area (Å²) in [6, 6.07) is 12.7. The van der Waals surface area contributed by atoms with Crippen LogP contribution in [0.1, 0.15) is 10.4 Å². The van der Waals surface area contributed by atoms with Crippen LogP contribution in [0.5, 0.6) is 5.75 Å².